The number of sulfonamides is 1. The molecule has 1 heterocycles. The Hall–Kier alpha value is -2.82. The molecule has 0 aliphatic carbocycles. The molecule has 3 rings (SSSR count). The van der Waals surface area contributed by atoms with Crippen molar-refractivity contribution in [3.8, 4) is 0 Å². The van der Waals surface area contributed by atoms with Crippen molar-refractivity contribution in [2.24, 2.45) is 0 Å². The molecule has 0 saturated carbocycles. The predicted octanol–water partition coefficient (Wildman–Crippen LogP) is 2.17. The highest BCUT2D eigenvalue weighted by molar-refractivity contribution is 7.89. The fourth-order valence-corrected chi connectivity index (χ4v) is 4.51. The second-order valence-corrected chi connectivity index (χ2v) is 8.56. The molecule has 10 heteroatoms. The maximum atomic E-state index is 12.8. The third-order valence-corrected chi connectivity index (χ3v) is 6.78. The van der Waals surface area contributed by atoms with Crippen molar-refractivity contribution in [2.45, 2.75) is 11.8 Å². The van der Waals surface area contributed by atoms with Gasteiger partial charge in [0, 0.05) is 49.6 Å². The number of rotatable bonds is 6. The van der Waals surface area contributed by atoms with Crippen molar-refractivity contribution in [3.05, 3.63) is 64.2 Å². The van der Waals surface area contributed by atoms with Crippen LogP contribution in [0.15, 0.2) is 53.4 Å². The number of benzene rings is 2. The van der Waals surface area contributed by atoms with Crippen LogP contribution in [0.1, 0.15) is 17.3 Å². The van der Waals surface area contributed by atoms with Gasteiger partial charge in [0.1, 0.15) is 0 Å². The number of nitro groups is 1. The molecule has 1 saturated heterocycles. The Morgan fingerprint density at radius 2 is 1.62 bits per heavy atom. The molecule has 0 radical (unpaired) electrons. The fraction of sp³-hybridized carbons (Fsp3) is 0.316. The number of carbonyl (C=O) groups is 1. The standard InChI is InChI=1S/C19H22N4O5S/c1-2-21-11-13-22(14-12-21)29(27,28)18-9-5-16(6-10-18)20-19(24)15-3-7-17(8-4-15)23(25)26/h3-10H,2,11-14H2,1H3,(H,20,24). The smallest absolute Gasteiger partial charge is 0.269 e. The Morgan fingerprint density at radius 3 is 2.14 bits per heavy atom. The molecule has 1 amide bonds. The summed E-state index contributed by atoms with van der Waals surface area (Å²) in [5, 5.41) is 13.3. The van der Waals surface area contributed by atoms with Gasteiger partial charge in [-0.3, -0.25) is 14.9 Å². The molecule has 0 aromatic heterocycles. The minimum Gasteiger partial charge on any atom is -0.322 e. The van der Waals surface area contributed by atoms with Gasteiger partial charge in [0.05, 0.1) is 9.82 Å². The second kappa shape index (κ2) is 8.68. The lowest BCUT2D eigenvalue weighted by molar-refractivity contribution is -0.384. The van der Waals surface area contributed by atoms with E-state index in [0.717, 1.165) is 6.54 Å². The zero-order valence-corrected chi connectivity index (χ0v) is 16.8. The number of piperazine rings is 1. The van der Waals surface area contributed by atoms with E-state index in [1.54, 1.807) is 0 Å². The lowest BCUT2D eigenvalue weighted by atomic mass is 10.2. The van der Waals surface area contributed by atoms with Crippen molar-refractivity contribution in [1.29, 1.82) is 0 Å². The SMILES string of the molecule is CCN1CCN(S(=O)(=O)c2ccc(NC(=O)c3ccc([N+](=O)[O-])cc3)cc2)CC1. The fourth-order valence-electron chi connectivity index (χ4n) is 3.08. The summed E-state index contributed by atoms with van der Waals surface area (Å²) in [6, 6.07) is 11.2. The van der Waals surface area contributed by atoms with E-state index in [9.17, 15) is 23.3 Å². The number of nitro benzene ring substituents is 1. The molecule has 2 aromatic carbocycles. The Kier molecular flexibility index (Phi) is 6.26. The number of hydrogen-bond acceptors (Lipinski definition) is 6. The number of anilines is 1. The van der Waals surface area contributed by atoms with Crippen LogP contribution in [0.25, 0.3) is 0 Å². The van der Waals surface area contributed by atoms with E-state index in [0.29, 0.717) is 31.9 Å². The van der Waals surface area contributed by atoms with Crippen LogP contribution in [0.2, 0.25) is 0 Å². The van der Waals surface area contributed by atoms with E-state index < -0.39 is 20.9 Å². The summed E-state index contributed by atoms with van der Waals surface area (Å²) in [6.07, 6.45) is 0. The van der Waals surface area contributed by atoms with Crippen molar-refractivity contribution in [2.75, 3.05) is 38.0 Å². The van der Waals surface area contributed by atoms with Crippen LogP contribution < -0.4 is 5.32 Å². The molecule has 1 N–H and O–H groups in total. The van der Waals surface area contributed by atoms with Gasteiger partial charge in [-0.15, -0.1) is 0 Å². The van der Waals surface area contributed by atoms with Crippen LogP contribution in [-0.4, -0.2) is 61.2 Å². The molecule has 1 fully saturated rings. The van der Waals surface area contributed by atoms with Crippen LogP contribution in [-0.2, 0) is 10.0 Å². The number of likely N-dealkylation sites (N-methyl/N-ethyl adjacent to an activating group) is 1. The molecule has 1 aliphatic rings. The zero-order chi connectivity index (χ0) is 21.0. The van der Waals surface area contributed by atoms with Gasteiger partial charge in [0.15, 0.2) is 0 Å². The highest BCUT2D eigenvalue weighted by atomic mass is 32.2. The van der Waals surface area contributed by atoms with Crippen LogP contribution in [0.4, 0.5) is 11.4 Å². The summed E-state index contributed by atoms with van der Waals surface area (Å²) in [7, 11) is -3.57. The first-order chi connectivity index (χ1) is 13.8. The van der Waals surface area contributed by atoms with Crippen LogP contribution in [0.5, 0.6) is 0 Å². The van der Waals surface area contributed by atoms with Gasteiger partial charge in [-0.05, 0) is 42.9 Å². The Labute approximate surface area is 169 Å². The van der Waals surface area contributed by atoms with Crippen molar-refractivity contribution in [3.63, 3.8) is 0 Å². The van der Waals surface area contributed by atoms with E-state index in [2.05, 4.69) is 10.2 Å². The highest BCUT2D eigenvalue weighted by Crippen LogP contribution is 2.20. The van der Waals surface area contributed by atoms with Crippen molar-refractivity contribution < 1.29 is 18.1 Å². The normalized spacial score (nSPS) is 15.8. The third kappa shape index (κ3) is 4.78. The van der Waals surface area contributed by atoms with Gasteiger partial charge in [0.25, 0.3) is 11.6 Å². The van der Waals surface area contributed by atoms with Gasteiger partial charge in [-0.2, -0.15) is 4.31 Å². The molecule has 154 valence electrons. The number of nitrogens with zero attached hydrogens (tertiary/aromatic N) is 3. The largest absolute Gasteiger partial charge is 0.322 e. The molecular formula is C19H22N4O5S. The summed E-state index contributed by atoms with van der Waals surface area (Å²) < 4.78 is 27.1. The number of amides is 1. The monoisotopic (exact) mass is 418 g/mol. The molecule has 0 unspecified atom stereocenters. The van der Waals surface area contributed by atoms with Gasteiger partial charge < -0.3 is 10.2 Å². The number of carbonyl (C=O) groups excluding carboxylic acids is 1. The summed E-state index contributed by atoms with van der Waals surface area (Å²) in [6.45, 7) is 5.27. The average Bonchev–Trinajstić information content (AvgIpc) is 2.74. The van der Waals surface area contributed by atoms with E-state index in [1.165, 1.54) is 52.8 Å². The number of non-ortho nitro benzene ring substituents is 1. The first kappa shape index (κ1) is 20.9. The van der Waals surface area contributed by atoms with Crippen molar-refractivity contribution in [1.82, 2.24) is 9.21 Å². The molecule has 0 spiro atoms. The molecule has 2 aromatic rings. The predicted molar refractivity (Wildman–Crippen MR) is 108 cm³/mol. The Balaban J connectivity index is 1.66. The van der Waals surface area contributed by atoms with Gasteiger partial charge >= 0.3 is 0 Å². The molecule has 29 heavy (non-hydrogen) atoms. The quantitative estimate of drug-likeness (QED) is 0.568. The first-order valence-corrected chi connectivity index (χ1v) is 10.6. The number of nitrogens with one attached hydrogen (secondary N) is 1. The zero-order valence-electron chi connectivity index (χ0n) is 15.9. The minimum atomic E-state index is -3.57. The van der Waals surface area contributed by atoms with E-state index in [-0.39, 0.29) is 16.1 Å². The topological polar surface area (TPSA) is 113 Å². The minimum absolute atomic E-state index is 0.101. The van der Waals surface area contributed by atoms with Crippen LogP contribution in [0, 0.1) is 10.1 Å². The molecule has 1 aliphatic heterocycles. The van der Waals surface area contributed by atoms with Gasteiger partial charge in [-0.1, -0.05) is 6.92 Å². The Bertz CT molecular complexity index is 982. The van der Waals surface area contributed by atoms with Gasteiger partial charge in [0.2, 0.25) is 10.0 Å². The van der Waals surface area contributed by atoms with E-state index in [4.69, 9.17) is 0 Å². The lowest BCUT2D eigenvalue weighted by Crippen LogP contribution is -2.48. The molecular weight excluding hydrogens is 396 g/mol. The first-order valence-electron chi connectivity index (χ1n) is 9.19. The average molecular weight is 418 g/mol. The summed E-state index contributed by atoms with van der Waals surface area (Å²) in [4.78, 5) is 24.8. The highest BCUT2D eigenvalue weighted by Gasteiger charge is 2.27. The van der Waals surface area contributed by atoms with Gasteiger partial charge in [-0.25, -0.2) is 8.42 Å². The summed E-state index contributed by atoms with van der Waals surface area (Å²) >= 11 is 0. The molecule has 9 nitrogen and oxygen atoms in total. The summed E-state index contributed by atoms with van der Waals surface area (Å²) in [5.74, 6) is -0.439. The number of hydrogen-bond donors (Lipinski definition) is 1. The lowest BCUT2D eigenvalue weighted by Gasteiger charge is -2.33. The summed E-state index contributed by atoms with van der Waals surface area (Å²) in [5.41, 5.74) is 0.597. The Morgan fingerprint density at radius 1 is 1.03 bits per heavy atom. The third-order valence-electron chi connectivity index (χ3n) is 4.87. The van der Waals surface area contributed by atoms with E-state index in [1.807, 2.05) is 6.92 Å². The molecule has 0 bridgehead atoms. The van der Waals surface area contributed by atoms with Crippen LogP contribution in [0.3, 0.4) is 0 Å². The second-order valence-electron chi connectivity index (χ2n) is 6.62. The van der Waals surface area contributed by atoms with Crippen LogP contribution >= 0.6 is 0 Å². The van der Waals surface area contributed by atoms with E-state index >= 15 is 0 Å². The van der Waals surface area contributed by atoms with Crippen molar-refractivity contribution >= 4 is 27.3 Å². The molecule has 0 atom stereocenters. The maximum Gasteiger partial charge on any atom is 0.269 e. The maximum absolute atomic E-state index is 12.8.